The second kappa shape index (κ2) is 15.1. The fourth-order valence-electron chi connectivity index (χ4n) is 7.35. The van der Waals surface area contributed by atoms with E-state index in [-0.39, 0.29) is 70.3 Å². The maximum atomic E-state index is 14.9. The van der Waals surface area contributed by atoms with Gasteiger partial charge in [-0.05, 0) is 49.3 Å². The van der Waals surface area contributed by atoms with Crippen LogP contribution in [0.15, 0.2) is 54.2 Å². The molecule has 0 spiro atoms. The van der Waals surface area contributed by atoms with E-state index in [0.29, 0.717) is 35.0 Å². The van der Waals surface area contributed by atoms with Crippen molar-refractivity contribution in [3.63, 3.8) is 0 Å². The molecule has 1 N–H and O–H groups in total. The minimum atomic E-state index is -4.90. The molecule has 0 saturated carbocycles. The van der Waals surface area contributed by atoms with Gasteiger partial charge in [0.1, 0.15) is 10.6 Å². The van der Waals surface area contributed by atoms with E-state index in [9.17, 15) is 51.1 Å². The van der Waals surface area contributed by atoms with E-state index in [1.165, 1.54) is 4.90 Å². The predicted octanol–water partition coefficient (Wildman–Crippen LogP) is 7.50. The van der Waals surface area contributed by atoms with Crippen LogP contribution in [0.4, 0.5) is 26.3 Å². The molecule has 2 aliphatic heterocycles. The molecule has 278 valence electrons. The molecular weight excluding hydrogens is 714 g/mol. The molecule has 3 aromatic rings. The van der Waals surface area contributed by atoms with Gasteiger partial charge in [-0.15, -0.1) is 11.3 Å². The second-order valence-electron chi connectivity index (χ2n) is 13.0. The zero-order valence-electron chi connectivity index (χ0n) is 28.1. The fourth-order valence-corrected chi connectivity index (χ4v) is 8.03. The summed E-state index contributed by atoms with van der Waals surface area (Å²) in [5, 5.41) is 20.8. The Labute approximate surface area is 299 Å². The van der Waals surface area contributed by atoms with E-state index < -0.39 is 63.2 Å². The van der Waals surface area contributed by atoms with E-state index in [2.05, 4.69) is 11.1 Å². The molecule has 9 nitrogen and oxygen atoms in total. The number of likely N-dealkylation sites (tertiary alicyclic amines) is 2. The summed E-state index contributed by atoms with van der Waals surface area (Å²) in [4.78, 5) is 45.6. The van der Waals surface area contributed by atoms with Gasteiger partial charge in [-0.25, -0.2) is 0 Å². The number of pyridine rings is 1. The minimum absolute atomic E-state index is 0.00975. The summed E-state index contributed by atoms with van der Waals surface area (Å²) in [6.07, 6.45) is -7.13. The van der Waals surface area contributed by atoms with Gasteiger partial charge in [-0.3, -0.25) is 19.4 Å². The van der Waals surface area contributed by atoms with Gasteiger partial charge in [0, 0.05) is 56.3 Å². The van der Waals surface area contributed by atoms with Crippen LogP contribution in [0.25, 0.3) is 0 Å². The summed E-state index contributed by atoms with van der Waals surface area (Å²) in [6, 6.07) is 9.64. The Morgan fingerprint density at radius 2 is 1.77 bits per heavy atom. The number of aliphatic carboxylic acids is 1. The maximum absolute atomic E-state index is 14.9. The van der Waals surface area contributed by atoms with Crippen molar-refractivity contribution in [1.29, 1.82) is 5.26 Å². The van der Waals surface area contributed by atoms with Crippen LogP contribution < -0.4 is 4.74 Å². The summed E-state index contributed by atoms with van der Waals surface area (Å²) in [7, 11) is 0. The van der Waals surface area contributed by atoms with E-state index in [1.54, 1.807) is 31.2 Å². The zero-order chi connectivity index (χ0) is 37.9. The Bertz CT molecular complexity index is 1830. The summed E-state index contributed by atoms with van der Waals surface area (Å²) in [5.74, 6) is -2.97. The first-order valence-electron chi connectivity index (χ1n) is 16.7. The number of halogens is 6. The highest BCUT2D eigenvalue weighted by atomic mass is 32.1. The van der Waals surface area contributed by atoms with Gasteiger partial charge in [0.2, 0.25) is 5.60 Å². The van der Waals surface area contributed by atoms with Gasteiger partial charge in [-0.2, -0.15) is 31.6 Å². The number of aryl methyl sites for hydroxylation is 1. The van der Waals surface area contributed by atoms with Crippen LogP contribution in [-0.4, -0.2) is 69.0 Å². The van der Waals surface area contributed by atoms with Crippen molar-refractivity contribution in [3.05, 3.63) is 81.3 Å². The average molecular weight is 751 g/mol. The van der Waals surface area contributed by atoms with Crippen LogP contribution in [0.5, 0.6) is 5.75 Å². The molecule has 4 heterocycles. The lowest BCUT2D eigenvalue weighted by Crippen LogP contribution is -2.68. The number of carboxylic acid groups (broad SMARTS) is 1. The number of thiophene rings is 1. The van der Waals surface area contributed by atoms with Gasteiger partial charge in [-0.1, -0.05) is 37.6 Å². The van der Waals surface area contributed by atoms with Gasteiger partial charge in [0.05, 0.1) is 28.7 Å². The molecule has 1 aromatic carbocycles. The quantitative estimate of drug-likeness (QED) is 0.213. The van der Waals surface area contributed by atoms with Crippen molar-refractivity contribution >= 4 is 29.1 Å². The van der Waals surface area contributed by atoms with Crippen molar-refractivity contribution in [2.24, 2.45) is 0 Å². The van der Waals surface area contributed by atoms with Crippen LogP contribution in [-0.2, 0) is 33.8 Å². The minimum Gasteiger partial charge on any atom is -0.481 e. The predicted molar refractivity (Wildman–Crippen MR) is 176 cm³/mol. The molecule has 2 aliphatic rings. The summed E-state index contributed by atoms with van der Waals surface area (Å²) < 4.78 is 89.3. The summed E-state index contributed by atoms with van der Waals surface area (Å²) in [5.41, 5.74) is -3.69. The smallest absolute Gasteiger partial charge is 0.425 e. The number of nitrogens with zero attached hydrogens (tertiary/aromatic N) is 4. The number of hydrogen-bond acceptors (Lipinski definition) is 7. The van der Waals surface area contributed by atoms with E-state index in [1.807, 2.05) is 0 Å². The first kappa shape index (κ1) is 38.6. The molecule has 0 radical (unpaired) electrons. The van der Waals surface area contributed by atoms with Crippen molar-refractivity contribution in [2.45, 2.75) is 87.7 Å². The number of rotatable bonds is 10. The van der Waals surface area contributed by atoms with Crippen molar-refractivity contribution in [3.8, 4) is 11.8 Å². The zero-order valence-corrected chi connectivity index (χ0v) is 28.9. The third-order valence-corrected chi connectivity index (χ3v) is 10.8. The number of piperidine rings is 2. The molecule has 2 atom stereocenters. The Kier molecular flexibility index (Phi) is 11.2. The number of aromatic nitrogens is 1. The molecule has 2 fully saturated rings. The standard InChI is InChI=1S/C36H36F6N4O5S/c1-2-6-28-34(51-24-19-29(52-21-24)36(40,41)42,12-5-16-46(28)31(49)25-20-44-15-11-27(25)35(37,38)39)32(50)45-17-13-33(22-43,14-18-45)26-8-4-3-7-23(26)9-10-30(47)48/h3-4,7-8,11,15,19-21,28H,2,5-6,9-10,12-14,16-18H2,1H3,(H,47,48)/t28-,34-/m1/s1. The Hall–Kier alpha value is -4.65. The Morgan fingerprint density at radius 3 is 2.38 bits per heavy atom. The van der Waals surface area contributed by atoms with E-state index in [0.717, 1.165) is 28.7 Å². The molecule has 5 rings (SSSR count). The Balaban J connectivity index is 1.53. The molecule has 2 amide bonds. The Morgan fingerprint density at radius 1 is 1.06 bits per heavy atom. The average Bonchev–Trinajstić information content (AvgIpc) is 3.60. The molecule has 0 aliphatic carbocycles. The number of alkyl halides is 6. The van der Waals surface area contributed by atoms with Gasteiger partial charge in [0.15, 0.2) is 0 Å². The SMILES string of the molecule is CCC[C@H]1N(C(=O)c2cnccc2C(F)(F)F)CCC[C@]1(Oc1csc(C(F)(F)F)c1)C(=O)N1CCC(C#N)(c2ccccc2CCC(=O)O)CC1. The molecular formula is C36H36F6N4O5S. The van der Waals surface area contributed by atoms with Gasteiger partial charge < -0.3 is 19.6 Å². The number of carbonyl (C=O) groups is 3. The highest BCUT2D eigenvalue weighted by Gasteiger charge is 2.56. The van der Waals surface area contributed by atoms with Crippen LogP contribution in [0, 0.1) is 11.3 Å². The normalized spacial score (nSPS) is 20.6. The number of carbonyl (C=O) groups excluding carboxylic acids is 2. The number of carboxylic acids is 1. The number of ether oxygens (including phenoxy) is 1. The van der Waals surface area contributed by atoms with E-state index >= 15 is 0 Å². The lowest BCUT2D eigenvalue weighted by molar-refractivity contribution is -0.160. The van der Waals surface area contributed by atoms with Crippen LogP contribution in [0.3, 0.4) is 0 Å². The number of amides is 2. The lowest BCUT2D eigenvalue weighted by Gasteiger charge is -2.51. The van der Waals surface area contributed by atoms with Crippen LogP contribution in [0.2, 0.25) is 0 Å². The fraction of sp³-hybridized carbons (Fsp3) is 0.472. The molecule has 2 aromatic heterocycles. The number of hydrogen-bond donors (Lipinski definition) is 1. The molecule has 0 unspecified atom stereocenters. The van der Waals surface area contributed by atoms with Crippen molar-refractivity contribution < 1.29 is 50.6 Å². The second-order valence-corrected chi connectivity index (χ2v) is 13.9. The van der Waals surface area contributed by atoms with Crippen molar-refractivity contribution in [2.75, 3.05) is 19.6 Å². The summed E-state index contributed by atoms with van der Waals surface area (Å²) >= 11 is 0.360. The van der Waals surface area contributed by atoms with Gasteiger partial charge in [0.25, 0.3) is 11.8 Å². The number of benzene rings is 1. The molecule has 2 saturated heterocycles. The highest BCUT2D eigenvalue weighted by molar-refractivity contribution is 7.10. The van der Waals surface area contributed by atoms with Crippen molar-refractivity contribution in [1.82, 2.24) is 14.8 Å². The summed E-state index contributed by atoms with van der Waals surface area (Å²) in [6.45, 7) is 1.72. The third-order valence-electron chi connectivity index (χ3n) is 9.82. The highest BCUT2D eigenvalue weighted by Crippen LogP contribution is 2.44. The number of nitriles is 1. The first-order valence-corrected chi connectivity index (χ1v) is 17.6. The van der Waals surface area contributed by atoms with E-state index in [4.69, 9.17) is 4.74 Å². The topological polar surface area (TPSA) is 124 Å². The largest absolute Gasteiger partial charge is 0.481 e. The molecule has 16 heteroatoms. The van der Waals surface area contributed by atoms with Crippen LogP contribution in [0.1, 0.15) is 83.8 Å². The first-order chi connectivity index (χ1) is 24.6. The lowest BCUT2D eigenvalue weighted by atomic mass is 9.71. The van der Waals surface area contributed by atoms with Gasteiger partial charge >= 0.3 is 18.3 Å². The third kappa shape index (κ3) is 7.74. The van der Waals surface area contributed by atoms with Crippen LogP contribution >= 0.6 is 11.3 Å². The molecule has 0 bridgehead atoms. The monoisotopic (exact) mass is 750 g/mol. The maximum Gasteiger partial charge on any atom is 0.425 e. The molecule has 52 heavy (non-hydrogen) atoms.